The summed E-state index contributed by atoms with van der Waals surface area (Å²) in [6, 6.07) is 13.7. The van der Waals surface area contributed by atoms with Crippen LogP contribution in [0, 0.1) is 11.7 Å². The van der Waals surface area contributed by atoms with Crippen LogP contribution in [0.2, 0.25) is 0 Å². The minimum atomic E-state index is -0.252. The Balaban J connectivity index is 1.03. The lowest BCUT2D eigenvalue weighted by atomic mass is 9.91. The molecule has 0 amide bonds. The lowest BCUT2D eigenvalue weighted by molar-refractivity contribution is 0.0726. The van der Waals surface area contributed by atoms with Crippen molar-refractivity contribution < 1.29 is 13.7 Å². The smallest absolute Gasteiger partial charge is 0.180 e. The predicted octanol–water partition coefficient (Wildman–Crippen LogP) is 4.54. The van der Waals surface area contributed by atoms with E-state index in [1.165, 1.54) is 43.6 Å². The molecule has 6 nitrogen and oxygen atoms in total. The average molecular weight is 465 g/mol. The maximum absolute atomic E-state index is 13.8. The zero-order valence-corrected chi connectivity index (χ0v) is 19.7. The monoisotopic (exact) mass is 464 g/mol. The molecule has 4 heterocycles. The van der Waals surface area contributed by atoms with Crippen molar-refractivity contribution in [1.29, 1.82) is 0 Å². The van der Waals surface area contributed by atoms with Crippen LogP contribution in [0.5, 0.6) is 5.75 Å². The van der Waals surface area contributed by atoms with Gasteiger partial charge in [-0.2, -0.15) is 0 Å². The van der Waals surface area contributed by atoms with Crippen LogP contribution in [0.15, 0.2) is 47.0 Å². The van der Waals surface area contributed by atoms with Crippen molar-refractivity contribution >= 4 is 16.8 Å². The van der Waals surface area contributed by atoms with E-state index in [-0.39, 0.29) is 5.82 Å². The Morgan fingerprint density at radius 1 is 1.00 bits per heavy atom. The second-order valence-electron chi connectivity index (χ2n) is 10.1. The highest BCUT2D eigenvalue weighted by Crippen LogP contribution is 2.32. The van der Waals surface area contributed by atoms with Crippen LogP contribution < -0.4 is 9.64 Å². The molecule has 180 valence electrons. The largest absolute Gasteiger partial charge is 0.493 e. The van der Waals surface area contributed by atoms with Crippen LogP contribution in [-0.4, -0.2) is 66.9 Å². The number of likely N-dealkylation sites (tertiary alicyclic amines) is 1. The van der Waals surface area contributed by atoms with Gasteiger partial charge in [0.05, 0.1) is 12.0 Å². The maximum Gasteiger partial charge on any atom is 0.180 e. The molecule has 0 N–H and O–H groups in total. The first-order valence-corrected chi connectivity index (χ1v) is 12.7. The van der Waals surface area contributed by atoms with E-state index in [4.69, 9.17) is 9.26 Å². The standard InChI is InChI=1S/C27H33FN4O2/c28-22-7-9-26-25(15-22)27(29-34-26)32-13-12-31-17-21(6-8-23(31)18-32)19-33-24-5-3-4-20(14-24)16-30-10-1-2-11-30/h3-5,7,9,14-15,21,23H,1-2,6,8,10-13,16-19H2/t21-,23-/m1/s1. The first-order valence-electron chi connectivity index (χ1n) is 12.7. The molecular weight excluding hydrogens is 431 g/mol. The van der Waals surface area contributed by atoms with E-state index in [0.717, 1.165) is 69.1 Å². The third kappa shape index (κ3) is 4.64. The van der Waals surface area contributed by atoms with Gasteiger partial charge in [0.15, 0.2) is 11.4 Å². The number of rotatable bonds is 6. The fourth-order valence-corrected chi connectivity index (χ4v) is 5.86. The Bertz CT molecular complexity index is 1130. The van der Waals surface area contributed by atoms with Crippen LogP contribution in [0.1, 0.15) is 31.2 Å². The SMILES string of the molecule is Fc1ccc2onc(N3CCN4C[C@H](COc5cccc(CN6CCCC6)c5)CC[C@@H]4C3)c2c1. The summed E-state index contributed by atoms with van der Waals surface area (Å²) in [5.74, 6) is 2.06. The number of ether oxygens (including phenoxy) is 1. The van der Waals surface area contributed by atoms with Crippen LogP contribution in [0.4, 0.5) is 10.2 Å². The molecular formula is C27H33FN4O2. The molecule has 2 aromatic carbocycles. The van der Waals surface area contributed by atoms with Crippen molar-refractivity contribution in [3.8, 4) is 5.75 Å². The highest BCUT2D eigenvalue weighted by Gasteiger charge is 2.34. The number of aromatic nitrogens is 1. The Hall–Kier alpha value is -2.64. The minimum Gasteiger partial charge on any atom is -0.493 e. The fraction of sp³-hybridized carbons (Fsp3) is 0.519. The quantitative estimate of drug-likeness (QED) is 0.534. The van der Waals surface area contributed by atoms with E-state index >= 15 is 0 Å². The predicted molar refractivity (Wildman–Crippen MR) is 131 cm³/mol. The van der Waals surface area contributed by atoms with E-state index < -0.39 is 0 Å². The molecule has 3 aliphatic rings. The van der Waals surface area contributed by atoms with Crippen LogP contribution >= 0.6 is 0 Å². The number of hydrogen-bond acceptors (Lipinski definition) is 6. The number of piperazine rings is 1. The van der Waals surface area contributed by atoms with Gasteiger partial charge >= 0.3 is 0 Å². The summed E-state index contributed by atoms with van der Waals surface area (Å²) in [4.78, 5) is 7.38. The van der Waals surface area contributed by atoms with Crippen molar-refractivity contribution in [3.63, 3.8) is 0 Å². The van der Waals surface area contributed by atoms with Gasteiger partial charge in [-0.1, -0.05) is 17.3 Å². The lowest BCUT2D eigenvalue weighted by Crippen LogP contribution is -2.57. The number of benzene rings is 2. The number of hydrogen-bond donors (Lipinski definition) is 0. The number of fused-ring (bicyclic) bond motifs is 2. The topological polar surface area (TPSA) is 45.0 Å². The summed E-state index contributed by atoms with van der Waals surface area (Å²) in [6.07, 6.45) is 4.95. The normalized spacial score (nSPS) is 24.0. The van der Waals surface area contributed by atoms with Gasteiger partial charge in [-0.25, -0.2) is 4.39 Å². The summed E-state index contributed by atoms with van der Waals surface area (Å²) >= 11 is 0. The number of halogens is 1. The van der Waals surface area contributed by atoms with Gasteiger partial charge in [0, 0.05) is 44.7 Å². The molecule has 0 bridgehead atoms. The summed E-state index contributed by atoms with van der Waals surface area (Å²) in [5.41, 5.74) is 1.99. The third-order valence-electron chi connectivity index (χ3n) is 7.71. The van der Waals surface area contributed by atoms with Crippen molar-refractivity contribution in [1.82, 2.24) is 15.0 Å². The molecule has 34 heavy (non-hydrogen) atoms. The van der Waals surface area contributed by atoms with Gasteiger partial charge in [0.1, 0.15) is 11.6 Å². The summed E-state index contributed by atoms with van der Waals surface area (Å²) in [5, 5.41) is 5.02. The van der Waals surface area contributed by atoms with Crippen molar-refractivity contribution in [2.24, 2.45) is 5.92 Å². The van der Waals surface area contributed by atoms with E-state index in [0.29, 0.717) is 17.5 Å². The van der Waals surface area contributed by atoms with E-state index in [1.54, 1.807) is 6.07 Å². The summed E-state index contributed by atoms with van der Waals surface area (Å²) in [7, 11) is 0. The minimum absolute atomic E-state index is 0.252. The molecule has 0 aliphatic carbocycles. The molecule has 6 rings (SSSR count). The highest BCUT2D eigenvalue weighted by atomic mass is 19.1. The van der Waals surface area contributed by atoms with E-state index in [2.05, 4.69) is 44.1 Å². The summed E-state index contributed by atoms with van der Waals surface area (Å²) in [6.45, 7) is 8.06. The van der Waals surface area contributed by atoms with Gasteiger partial charge in [0.2, 0.25) is 0 Å². The molecule has 2 atom stereocenters. The molecule has 0 saturated carbocycles. The van der Waals surface area contributed by atoms with Crippen molar-refractivity contribution in [2.75, 3.05) is 50.8 Å². The first-order chi connectivity index (χ1) is 16.7. The Kier molecular flexibility index (Phi) is 6.14. The lowest BCUT2D eigenvalue weighted by Gasteiger charge is -2.46. The van der Waals surface area contributed by atoms with E-state index in [1.807, 2.05) is 0 Å². The Morgan fingerprint density at radius 2 is 1.91 bits per heavy atom. The zero-order valence-electron chi connectivity index (χ0n) is 19.7. The molecule has 0 spiro atoms. The molecule has 0 unspecified atom stereocenters. The van der Waals surface area contributed by atoms with Crippen LogP contribution in [0.25, 0.3) is 11.0 Å². The molecule has 3 fully saturated rings. The molecule has 1 aromatic heterocycles. The number of nitrogens with zero attached hydrogens (tertiary/aromatic N) is 4. The fourth-order valence-electron chi connectivity index (χ4n) is 5.86. The molecule has 3 aromatic rings. The van der Waals surface area contributed by atoms with Gasteiger partial charge in [-0.05, 0) is 74.7 Å². The summed E-state index contributed by atoms with van der Waals surface area (Å²) < 4.78 is 25.5. The third-order valence-corrected chi connectivity index (χ3v) is 7.71. The van der Waals surface area contributed by atoms with Crippen molar-refractivity contribution in [2.45, 2.75) is 38.3 Å². The first kappa shape index (κ1) is 21.9. The van der Waals surface area contributed by atoms with Crippen molar-refractivity contribution in [3.05, 3.63) is 53.8 Å². The molecule has 3 aliphatic heterocycles. The Labute approximate surface area is 200 Å². The zero-order chi connectivity index (χ0) is 22.9. The van der Waals surface area contributed by atoms with Gasteiger partial charge in [-0.3, -0.25) is 9.80 Å². The van der Waals surface area contributed by atoms with Gasteiger partial charge in [-0.15, -0.1) is 0 Å². The van der Waals surface area contributed by atoms with Crippen LogP contribution in [0.3, 0.4) is 0 Å². The molecule has 0 radical (unpaired) electrons. The second kappa shape index (κ2) is 9.55. The Morgan fingerprint density at radius 3 is 2.82 bits per heavy atom. The van der Waals surface area contributed by atoms with Crippen LogP contribution in [-0.2, 0) is 6.54 Å². The van der Waals surface area contributed by atoms with E-state index in [9.17, 15) is 4.39 Å². The van der Waals surface area contributed by atoms with Gasteiger partial charge < -0.3 is 14.2 Å². The molecule has 3 saturated heterocycles. The molecule has 7 heteroatoms. The average Bonchev–Trinajstić information content (AvgIpc) is 3.52. The number of piperidine rings is 1. The highest BCUT2D eigenvalue weighted by molar-refractivity contribution is 5.88. The maximum atomic E-state index is 13.8. The van der Waals surface area contributed by atoms with Gasteiger partial charge in [0.25, 0.3) is 0 Å². The number of anilines is 1. The second-order valence-corrected chi connectivity index (χ2v) is 10.1.